The second-order valence-corrected chi connectivity index (χ2v) is 8.64. The largest absolute Gasteiger partial charge is 0.610 e. The van der Waals surface area contributed by atoms with Crippen molar-refractivity contribution in [2.75, 3.05) is 12.8 Å². The second kappa shape index (κ2) is 6.30. The van der Waals surface area contributed by atoms with E-state index in [1.54, 1.807) is 34.9 Å². The molecule has 0 aliphatic heterocycles. The first-order chi connectivity index (χ1) is 12.4. The monoisotopic (exact) mass is 370 g/mol. The van der Waals surface area contributed by atoms with E-state index in [1.807, 2.05) is 0 Å². The smallest absolute Gasteiger partial charge is 0.252 e. The Kier molecular flexibility index (Phi) is 4.08. The van der Waals surface area contributed by atoms with Gasteiger partial charge in [0.15, 0.2) is 16.4 Å². The molecule has 1 aliphatic rings. The summed E-state index contributed by atoms with van der Waals surface area (Å²) in [6.45, 7) is 0.707. The van der Waals surface area contributed by atoms with Crippen molar-refractivity contribution in [2.45, 2.75) is 17.7 Å². The van der Waals surface area contributed by atoms with Crippen molar-refractivity contribution in [1.82, 2.24) is 19.9 Å². The number of rotatable bonds is 5. The van der Waals surface area contributed by atoms with E-state index in [4.69, 9.17) is 0 Å². The summed E-state index contributed by atoms with van der Waals surface area (Å²) in [6.07, 6.45) is 5.23. The van der Waals surface area contributed by atoms with E-state index in [-0.39, 0.29) is 10.8 Å². The van der Waals surface area contributed by atoms with Gasteiger partial charge in [0.25, 0.3) is 5.91 Å². The van der Waals surface area contributed by atoms with E-state index in [0.29, 0.717) is 29.5 Å². The van der Waals surface area contributed by atoms with Gasteiger partial charge in [-0.2, -0.15) is 0 Å². The fourth-order valence-electron chi connectivity index (χ4n) is 2.73. The number of hydrogen-bond acceptors (Lipinski definition) is 5. The molecular weight excluding hydrogens is 352 g/mol. The molecule has 0 spiro atoms. The van der Waals surface area contributed by atoms with Crippen LogP contribution in [0.1, 0.15) is 23.2 Å². The number of carbonyl (C=O) groups is 1. The maximum absolute atomic E-state index is 12.3. The van der Waals surface area contributed by atoms with Crippen LogP contribution in [0.2, 0.25) is 0 Å². The molecule has 1 aliphatic carbocycles. The van der Waals surface area contributed by atoms with Crippen LogP contribution in [-0.2, 0) is 14.4 Å². The highest BCUT2D eigenvalue weighted by molar-refractivity contribution is 7.97. The topological polar surface area (TPSA) is 99.4 Å². The van der Waals surface area contributed by atoms with Crippen LogP contribution in [-0.4, -0.2) is 37.9 Å². The van der Waals surface area contributed by atoms with Gasteiger partial charge >= 0.3 is 0 Å². The summed E-state index contributed by atoms with van der Waals surface area (Å²) < 4.78 is 24.9. The van der Waals surface area contributed by atoms with Crippen LogP contribution in [0.25, 0.3) is 17.0 Å². The molecule has 1 saturated carbocycles. The molecule has 4 rings (SSSR count). The van der Waals surface area contributed by atoms with Gasteiger partial charge in [-0.15, -0.1) is 14.4 Å². The zero-order valence-corrected chi connectivity index (χ0v) is 15.0. The molecule has 3 aromatic rings. The zero-order chi connectivity index (χ0) is 18.3. The Bertz CT molecular complexity index is 1020. The summed E-state index contributed by atoms with van der Waals surface area (Å²) in [6, 6.07) is 9.92. The first kappa shape index (κ1) is 16.9. The van der Waals surface area contributed by atoms with E-state index in [0.717, 1.165) is 5.56 Å². The van der Waals surface area contributed by atoms with Crippen LogP contribution in [0.4, 0.5) is 0 Å². The SMILES string of the molecule is C[S+](=O)([O-])c1ccc(-c2nnc3ccc(C(=O)NCC4CC4)cn23)cc1. The number of benzene rings is 1. The van der Waals surface area contributed by atoms with Gasteiger partial charge in [-0.05, 0) is 55.2 Å². The maximum atomic E-state index is 12.3. The predicted molar refractivity (Wildman–Crippen MR) is 96.5 cm³/mol. The quantitative estimate of drug-likeness (QED) is 0.694. The Morgan fingerprint density at radius 1 is 1.23 bits per heavy atom. The summed E-state index contributed by atoms with van der Waals surface area (Å²) in [5, 5.41) is 11.2. The van der Waals surface area contributed by atoms with E-state index in [1.165, 1.54) is 31.2 Å². The molecule has 134 valence electrons. The van der Waals surface area contributed by atoms with E-state index in [2.05, 4.69) is 15.5 Å². The molecule has 7 nitrogen and oxygen atoms in total. The molecule has 1 N–H and O–H groups in total. The van der Waals surface area contributed by atoms with Gasteiger partial charge in [-0.3, -0.25) is 9.20 Å². The molecule has 0 saturated heterocycles. The zero-order valence-electron chi connectivity index (χ0n) is 14.2. The standard InChI is InChI=1S/C18H18N4O3S/c1-26(24,25)15-7-4-13(5-8-15)17-21-20-16-9-6-14(11-22(16)17)18(23)19-10-12-2-3-12/h4-9,11-12H,2-3,10H2,1H3,(H-,19,23,24,25). The number of nitrogens with one attached hydrogen (secondary N) is 1. The molecule has 1 fully saturated rings. The number of hydrogen-bond donors (Lipinski definition) is 1. The molecule has 1 atom stereocenters. The molecule has 2 heterocycles. The fraction of sp³-hybridized carbons (Fsp3) is 0.278. The van der Waals surface area contributed by atoms with Crippen LogP contribution < -0.4 is 5.32 Å². The van der Waals surface area contributed by atoms with Crippen molar-refractivity contribution in [3.05, 3.63) is 48.2 Å². The highest BCUT2D eigenvalue weighted by Crippen LogP contribution is 2.27. The normalized spacial score (nSPS) is 16.4. The summed E-state index contributed by atoms with van der Waals surface area (Å²) in [7, 11) is -3.25. The molecule has 26 heavy (non-hydrogen) atoms. The second-order valence-electron chi connectivity index (χ2n) is 6.62. The van der Waals surface area contributed by atoms with E-state index in [9.17, 15) is 13.6 Å². The van der Waals surface area contributed by atoms with Crippen LogP contribution in [0, 0.1) is 5.92 Å². The molecule has 2 aromatic heterocycles. The summed E-state index contributed by atoms with van der Waals surface area (Å²) >= 11 is 0. The van der Waals surface area contributed by atoms with Crippen molar-refractivity contribution in [3.8, 4) is 11.4 Å². The molecule has 8 heteroatoms. The van der Waals surface area contributed by atoms with Gasteiger partial charge in [-0.25, -0.2) is 0 Å². The lowest BCUT2D eigenvalue weighted by molar-refractivity contribution is 0.0951. The molecular formula is C18H18N4O3S. The minimum Gasteiger partial charge on any atom is -0.610 e. The lowest BCUT2D eigenvalue weighted by Gasteiger charge is -2.09. The average molecular weight is 370 g/mol. The van der Waals surface area contributed by atoms with Crippen molar-refractivity contribution >= 4 is 21.8 Å². The third kappa shape index (κ3) is 3.38. The van der Waals surface area contributed by atoms with Gasteiger partial charge in [0.05, 0.1) is 15.8 Å². The fourth-order valence-corrected chi connectivity index (χ4v) is 3.36. The number of nitrogens with zero attached hydrogens (tertiary/aromatic N) is 3. The number of pyridine rings is 1. The molecule has 1 amide bonds. The third-order valence-corrected chi connectivity index (χ3v) is 5.58. The maximum Gasteiger partial charge on any atom is 0.252 e. The van der Waals surface area contributed by atoms with Gasteiger partial charge in [-0.1, -0.05) is 0 Å². The van der Waals surface area contributed by atoms with Crippen molar-refractivity contribution in [3.63, 3.8) is 0 Å². The Morgan fingerprint density at radius 2 is 1.96 bits per heavy atom. The lowest BCUT2D eigenvalue weighted by atomic mass is 10.2. The van der Waals surface area contributed by atoms with Crippen LogP contribution in [0.3, 0.4) is 0 Å². The van der Waals surface area contributed by atoms with Gasteiger partial charge < -0.3 is 9.87 Å². The average Bonchev–Trinajstić information content (AvgIpc) is 3.36. The predicted octanol–water partition coefficient (Wildman–Crippen LogP) is 2.15. The van der Waals surface area contributed by atoms with Gasteiger partial charge in [0, 0.05) is 18.3 Å². The van der Waals surface area contributed by atoms with Crippen LogP contribution >= 0.6 is 0 Å². The van der Waals surface area contributed by atoms with Gasteiger partial charge in [0.1, 0.15) is 6.26 Å². The van der Waals surface area contributed by atoms with Crippen LogP contribution in [0.5, 0.6) is 0 Å². The number of carbonyl (C=O) groups excluding carboxylic acids is 1. The van der Waals surface area contributed by atoms with E-state index < -0.39 is 10.2 Å². The highest BCUT2D eigenvalue weighted by Gasteiger charge is 2.22. The summed E-state index contributed by atoms with van der Waals surface area (Å²) in [4.78, 5) is 12.6. The molecule has 1 aromatic carbocycles. The summed E-state index contributed by atoms with van der Waals surface area (Å²) in [5.74, 6) is 1.05. The van der Waals surface area contributed by atoms with Crippen molar-refractivity contribution < 1.29 is 13.6 Å². The Balaban J connectivity index is 1.65. The number of sulfone groups is 1. The minimum absolute atomic E-state index is 0.120. The Hall–Kier alpha value is -2.58. The van der Waals surface area contributed by atoms with E-state index >= 15 is 0 Å². The molecule has 0 bridgehead atoms. The number of fused-ring (bicyclic) bond motifs is 1. The lowest BCUT2D eigenvalue weighted by Crippen LogP contribution is -2.25. The number of aromatic nitrogens is 3. The van der Waals surface area contributed by atoms with Crippen molar-refractivity contribution in [1.29, 1.82) is 0 Å². The van der Waals surface area contributed by atoms with Crippen LogP contribution in [0.15, 0.2) is 47.5 Å². The molecule has 0 radical (unpaired) electrons. The van der Waals surface area contributed by atoms with Crippen molar-refractivity contribution in [2.24, 2.45) is 5.92 Å². The first-order valence-electron chi connectivity index (χ1n) is 8.35. The minimum atomic E-state index is -3.25. The summed E-state index contributed by atoms with van der Waals surface area (Å²) in [5.41, 5.74) is 1.87. The highest BCUT2D eigenvalue weighted by atomic mass is 32.3. The number of amides is 1. The third-order valence-electron chi connectivity index (χ3n) is 4.45. The Labute approximate surface area is 151 Å². The first-order valence-corrected chi connectivity index (χ1v) is 10.2. The van der Waals surface area contributed by atoms with Gasteiger partial charge in [0.2, 0.25) is 0 Å². The Morgan fingerprint density at radius 3 is 2.62 bits per heavy atom. The molecule has 1 unspecified atom stereocenters.